The number of rotatable bonds is 6. The van der Waals surface area contributed by atoms with E-state index < -0.39 is 17.9 Å². The molecule has 2 aromatic rings. The summed E-state index contributed by atoms with van der Waals surface area (Å²) in [5, 5.41) is 23.3. The van der Waals surface area contributed by atoms with Gasteiger partial charge in [0.05, 0.1) is 17.1 Å². The lowest BCUT2D eigenvalue weighted by molar-refractivity contribution is -0.133. The molecule has 6 nitrogen and oxygen atoms in total. The van der Waals surface area contributed by atoms with Crippen molar-refractivity contribution in [3.05, 3.63) is 86.2 Å². The number of carboxylic acids is 2. The number of nitrogens with one attached hydrogen (secondary N) is 1. The summed E-state index contributed by atoms with van der Waals surface area (Å²) in [5.74, 6) is -3.09. The van der Waals surface area contributed by atoms with Crippen LogP contribution in [0.15, 0.2) is 65.0 Å². The average molecular weight is 448 g/mol. The van der Waals surface area contributed by atoms with Gasteiger partial charge in [-0.1, -0.05) is 47.5 Å². The van der Waals surface area contributed by atoms with Gasteiger partial charge in [0.25, 0.3) is 0 Å². The summed E-state index contributed by atoms with van der Waals surface area (Å²) in [6.07, 6.45) is 0. The number of aliphatic carboxylic acids is 2. The molecule has 0 fully saturated rings. The Bertz CT molecular complexity index is 1030. The molecular weight excluding hydrogens is 429 g/mol. The topological polar surface area (TPSA) is 95.9 Å². The van der Waals surface area contributed by atoms with E-state index in [4.69, 9.17) is 27.9 Å². The summed E-state index contributed by atoms with van der Waals surface area (Å²) in [6.45, 7) is 3.24. The Labute approximate surface area is 183 Å². The van der Waals surface area contributed by atoms with E-state index in [9.17, 15) is 19.8 Å². The molecule has 0 atom stereocenters. The molecule has 1 aliphatic heterocycles. The number of dihydropyridines is 1. The molecule has 0 amide bonds. The van der Waals surface area contributed by atoms with Gasteiger partial charge >= 0.3 is 11.9 Å². The van der Waals surface area contributed by atoms with E-state index in [0.717, 1.165) is 0 Å². The predicted molar refractivity (Wildman–Crippen MR) is 114 cm³/mol. The lowest BCUT2D eigenvalue weighted by Crippen LogP contribution is -2.31. The molecule has 3 rings (SSSR count). The minimum absolute atomic E-state index is 0.0384. The van der Waals surface area contributed by atoms with Crippen LogP contribution in [0.4, 0.5) is 0 Å². The fraction of sp³-hybridized carbons (Fsp3) is 0.182. The lowest BCUT2D eigenvalue weighted by atomic mass is 9.80. The van der Waals surface area contributed by atoms with Crippen LogP contribution in [0.2, 0.25) is 10.0 Å². The van der Waals surface area contributed by atoms with E-state index in [1.54, 1.807) is 56.3 Å². The highest BCUT2D eigenvalue weighted by atomic mass is 35.5. The molecule has 0 radical (unpaired) electrons. The van der Waals surface area contributed by atoms with Crippen LogP contribution >= 0.6 is 23.2 Å². The molecule has 30 heavy (non-hydrogen) atoms. The molecule has 1 heterocycles. The van der Waals surface area contributed by atoms with Crippen molar-refractivity contribution >= 4 is 35.1 Å². The van der Waals surface area contributed by atoms with Crippen molar-refractivity contribution in [2.45, 2.75) is 26.4 Å². The lowest BCUT2D eigenvalue weighted by Gasteiger charge is -2.29. The third-order valence-corrected chi connectivity index (χ3v) is 5.59. The van der Waals surface area contributed by atoms with Crippen molar-refractivity contribution in [3.63, 3.8) is 0 Å². The van der Waals surface area contributed by atoms with Crippen molar-refractivity contribution in [1.29, 1.82) is 0 Å². The Morgan fingerprint density at radius 2 is 1.47 bits per heavy atom. The summed E-state index contributed by atoms with van der Waals surface area (Å²) in [6, 6.07) is 11.8. The quantitative estimate of drug-likeness (QED) is 0.577. The van der Waals surface area contributed by atoms with Gasteiger partial charge in [-0.3, -0.25) is 0 Å². The molecule has 8 heteroatoms. The van der Waals surface area contributed by atoms with Gasteiger partial charge in [0, 0.05) is 32.6 Å². The van der Waals surface area contributed by atoms with Gasteiger partial charge in [-0.15, -0.1) is 0 Å². The molecule has 1 aliphatic rings. The summed E-state index contributed by atoms with van der Waals surface area (Å²) < 4.78 is 5.94. The van der Waals surface area contributed by atoms with Crippen LogP contribution in [0, 0.1) is 0 Å². The largest absolute Gasteiger partial charge is 0.488 e. The zero-order valence-electron chi connectivity index (χ0n) is 16.2. The number of hydrogen-bond acceptors (Lipinski definition) is 4. The van der Waals surface area contributed by atoms with E-state index >= 15 is 0 Å². The Morgan fingerprint density at radius 3 is 2.00 bits per heavy atom. The van der Waals surface area contributed by atoms with E-state index in [1.165, 1.54) is 0 Å². The number of benzene rings is 2. The summed E-state index contributed by atoms with van der Waals surface area (Å²) in [7, 11) is 0. The predicted octanol–water partition coefficient (Wildman–Crippen LogP) is 4.98. The highest BCUT2D eigenvalue weighted by Crippen LogP contribution is 2.42. The molecule has 0 spiro atoms. The van der Waals surface area contributed by atoms with Crippen LogP contribution in [0.25, 0.3) is 0 Å². The van der Waals surface area contributed by atoms with Crippen LogP contribution in [-0.4, -0.2) is 22.2 Å². The standard InChI is InChI=1S/C22H19Cl2NO5/c1-11-18(21(26)27)20(19(22(28)29)12(2)25-11)13-6-3-4-9-17(13)30-10-14-15(23)7-5-8-16(14)24/h3-9,20,25H,10H2,1-2H3,(H,26,27)(H,28,29). The Morgan fingerprint density at radius 1 is 0.933 bits per heavy atom. The third-order valence-electron chi connectivity index (χ3n) is 4.88. The second-order valence-electron chi connectivity index (χ2n) is 6.77. The number of carbonyl (C=O) groups is 2. The van der Waals surface area contributed by atoms with E-state index in [2.05, 4.69) is 5.32 Å². The monoisotopic (exact) mass is 447 g/mol. The summed E-state index contributed by atoms with van der Waals surface area (Å²) in [5.41, 5.74) is 1.65. The first-order chi connectivity index (χ1) is 14.2. The number of para-hydroxylation sites is 1. The highest BCUT2D eigenvalue weighted by molar-refractivity contribution is 6.35. The maximum Gasteiger partial charge on any atom is 0.334 e. The van der Waals surface area contributed by atoms with Gasteiger partial charge in [0.2, 0.25) is 0 Å². The number of carboxylic acid groups (broad SMARTS) is 2. The number of ether oxygens (including phenoxy) is 1. The van der Waals surface area contributed by atoms with Crippen molar-refractivity contribution in [3.8, 4) is 5.75 Å². The second-order valence-corrected chi connectivity index (χ2v) is 7.59. The molecule has 3 N–H and O–H groups in total. The average Bonchev–Trinajstić information content (AvgIpc) is 2.66. The third kappa shape index (κ3) is 4.15. The molecule has 2 aromatic carbocycles. The number of allylic oxidation sites excluding steroid dienone is 2. The molecule has 0 aromatic heterocycles. The van der Waals surface area contributed by atoms with Crippen LogP contribution in [0.1, 0.15) is 30.9 Å². The smallest absolute Gasteiger partial charge is 0.334 e. The van der Waals surface area contributed by atoms with Crippen LogP contribution in [-0.2, 0) is 16.2 Å². The fourth-order valence-electron chi connectivity index (χ4n) is 3.54. The van der Waals surface area contributed by atoms with E-state index in [0.29, 0.717) is 38.3 Å². The summed E-state index contributed by atoms with van der Waals surface area (Å²) >= 11 is 12.4. The van der Waals surface area contributed by atoms with Gasteiger partial charge in [-0.25, -0.2) is 9.59 Å². The SMILES string of the molecule is CC1=C(C(=O)O)C(c2ccccc2OCc2c(Cl)cccc2Cl)C(C(=O)O)=C(C)N1. The molecule has 0 aliphatic carbocycles. The van der Waals surface area contributed by atoms with Gasteiger partial charge in [-0.2, -0.15) is 0 Å². The first-order valence-electron chi connectivity index (χ1n) is 9.02. The summed E-state index contributed by atoms with van der Waals surface area (Å²) in [4.78, 5) is 24.0. The van der Waals surface area contributed by atoms with Gasteiger partial charge in [0.1, 0.15) is 12.4 Å². The Kier molecular flexibility index (Phi) is 6.39. The second kappa shape index (κ2) is 8.81. The van der Waals surface area contributed by atoms with Gasteiger partial charge in [-0.05, 0) is 32.0 Å². The Balaban J connectivity index is 2.09. The number of hydrogen-bond donors (Lipinski definition) is 3. The molecule has 156 valence electrons. The molecule has 0 saturated heterocycles. The van der Waals surface area contributed by atoms with Crippen molar-refractivity contribution < 1.29 is 24.5 Å². The minimum Gasteiger partial charge on any atom is -0.488 e. The maximum absolute atomic E-state index is 12.0. The molecule has 0 saturated carbocycles. The minimum atomic E-state index is -1.21. The van der Waals surface area contributed by atoms with Crippen LogP contribution < -0.4 is 10.1 Å². The van der Waals surface area contributed by atoms with E-state index in [1.807, 2.05) is 0 Å². The maximum atomic E-state index is 12.0. The van der Waals surface area contributed by atoms with Crippen molar-refractivity contribution in [1.82, 2.24) is 5.32 Å². The zero-order valence-corrected chi connectivity index (χ0v) is 17.7. The van der Waals surface area contributed by atoms with Gasteiger partial charge in [0.15, 0.2) is 0 Å². The van der Waals surface area contributed by atoms with Gasteiger partial charge < -0.3 is 20.3 Å². The fourth-order valence-corrected chi connectivity index (χ4v) is 4.05. The van der Waals surface area contributed by atoms with Crippen molar-refractivity contribution in [2.75, 3.05) is 0 Å². The van der Waals surface area contributed by atoms with Crippen LogP contribution in [0.5, 0.6) is 5.75 Å². The first kappa shape index (κ1) is 21.7. The molecule has 0 unspecified atom stereocenters. The first-order valence-corrected chi connectivity index (χ1v) is 9.77. The zero-order chi connectivity index (χ0) is 22.0. The molecule has 0 bridgehead atoms. The highest BCUT2D eigenvalue weighted by Gasteiger charge is 2.37. The van der Waals surface area contributed by atoms with E-state index in [-0.39, 0.29) is 17.8 Å². The van der Waals surface area contributed by atoms with Crippen molar-refractivity contribution in [2.24, 2.45) is 0 Å². The normalized spacial score (nSPS) is 14.5. The van der Waals surface area contributed by atoms with Crippen LogP contribution in [0.3, 0.4) is 0 Å². The molecular formula is C22H19Cl2NO5. The Hall–Kier alpha value is -2.96. The number of halogens is 2.